The highest BCUT2D eigenvalue weighted by molar-refractivity contribution is 7.12. The molecule has 1 fully saturated rings. The molecule has 0 bridgehead atoms. The Morgan fingerprint density at radius 3 is 2.65 bits per heavy atom. The molecule has 0 amide bonds. The van der Waals surface area contributed by atoms with Crippen molar-refractivity contribution in [2.24, 2.45) is 11.8 Å². The largest absolute Gasteiger partial charge is 0.389 e. The molecule has 1 N–H and O–H groups in total. The smallest absolute Gasteiger partial charge is 0.0723 e. The highest BCUT2D eigenvalue weighted by Gasteiger charge is 2.38. The minimum atomic E-state index is -0.465. The lowest BCUT2D eigenvalue weighted by Gasteiger charge is -2.41. The average Bonchev–Trinajstić information content (AvgIpc) is 2.71. The van der Waals surface area contributed by atoms with Crippen LogP contribution in [0.25, 0.3) is 0 Å². The first-order valence-corrected chi connectivity index (χ1v) is 7.65. The van der Waals surface area contributed by atoms with E-state index >= 15 is 0 Å². The summed E-state index contributed by atoms with van der Waals surface area (Å²) in [6.07, 6.45) is 5.36. The molecule has 1 saturated carbocycles. The Morgan fingerprint density at radius 1 is 1.29 bits per heavy atom. The van der Waals surface area contributed by atoms with E-state index in [9.17, 15) is 5.11 Å². The highest BCUT2D eigenvalue weighted by Crippen LogP contribution is 2.39. The van der Waals surface area contributed by atoms with Crippen LogP contribution in [0.2, 0.25) is 0 Å². The van der Waals surface area contributed by atoms with Crippen LogP contribution in [0, 0.1) is 11.8 Å². The van der Waals surface area contributed by atoms with E-state index in [-0.39, 0.29) is 0 Å². The topological polar surface area (TPSA) is 20.2 Å². The summed E-state index contributed by atoms with van der Waals surface area (Å²) in [7, 11) is 0. The van der Waals surface area contributed by atoms with Gasteiger partial charge in [0.25, 0.3) is 0 Å². The van der Waals surface area contributed by atoms with E-state index in [0.717, 1.165) is 19.3 Å². The Hall–Kier alpha value is -0.340. The molecule has 0 spiro atoms. The van der Waals surface area contributed by atoms with Gasteiger partial charge in [0.1, 0.15) is 0 Å². The van der Waals surface area contributed by atoms with Crippen molar-refractivity contribution < 1.29 is 5.11 Å². The zero-order valence-corrected chi connectivity index (χ0v) is 12.0. The first-order chi connectivity index (χ1) is 8.03. The summed E-state index contributed by atoms with van der Waals surface area (Å²) in [6.45, 7) is 6.67. The van der Waals surface area contributed by atoms with E-state index in [1.807, 2.05) is 11.3 Å². The molecular weight excluding hydrogens is 228 g/mol. The number of aliphatic hydroxyl groups is 1. The van der Waals surface area contributed by atoms with Crippen molar-refractivity contribution in [1.82, 2.24) is 0 Å². The lowest BCUT2D eigenvalue weighted by molar-refractivity contribution is -0.0554. The Kier molecular flexibility index (Phi) is 3.94. The Labute approximate surface area is 109 Å². The van der Waals surface area contributed by atoms with Gasteiger partial charge in [-0.1, -0.05) is 27.2 Å². The first kappa shape index (κ1) is 13.1. The molecular formula is C15H24OS. The molecule has 1 heterocycles. The second-order valence-electron chi connectivity index (χ2n) is 5.79. The van der Waals surface area contributed by atoms with Crippen LogP contribution < -0.4 is 0 Å². The fourth-order valence-electron chi connectivity index (χ4n) is 2.97. The van der Waals surface area contributed by atoms with E-state index in [1.54, 1.807) is 0 Å². The Balaban J connectivity index is 2.09. The lowest BCUT2D eigenvalue weighted by Crippen LogP contribution is -2.43. The fourth-order valence-corrected chi connectivity index (χ4v) is 4.04. The number of hydrogen-bond donors (Lipinski definition) is 1. The van der Waals surface area contributed by atoms with Gasteiger partial charge in [0, 0.05) is 16.2 Å². The number of hydrogen-bond acceptors (Lipinski definition) is 2. The molecule has 1 aliphatic rings. The third kappa shape index (κ3) is 2.92. The molecule has 0 radical (unpaired) electrons. The third-order valence-corrected chi connectivity index (χ3v) is 5.49. The van der Waals surface area contributed by atoms with Crippen molar-refractivity contribution in [3.05, 3.63) is 21.9 Å². The molecule has 0 aliphatic heterocycles. The standard InChI is InChI=1S/C15H24OS/c1-4-13-7-8-14(17-13)10-15(16)9-11(2)5-6-12(15)3/h7-8,11-12,16H,4-6,9-10H2,1-3H3. The van der Waals surface area contributed by atoms with Gasteiger partial charge in [-0.25, -0.2) is 0 Å². The second kappa shape index (κ2) is 5.11. The summed E-state index contributed by atoms with van der Waals surface area (Å²) in [6, 6.07) is 4.41. The summed E-state index contributed by atoms with van der Waals surface area (Å²) < 4.78 is 0. The molecule has 1 aromatic heterocycles. The zero-order chi connectivity index (χ0) is 12.5. The second-order valence-corrected chi connectivity index (χ2v) is 7.04. The van der Waals surface area contributed by atoms with Gasteiger partial charge in [0.15, 0.2) is 0 Å². The summed E-state index contributed by atoms with van der Waals surface area (Å²) in [5.74, 6) is 1.10. The van der Waals surface area contributed by atoms with Crippen LogP contribution in [0.15, 0.2) is 12.1 Å². The maximum Gasteiger partial charge on any atom is 0.0723 e. The molecule has 1 aromatic rings. The van der Waals surface area contributed by atoms with E-state index in [4.69, 9.17) is 0 Å². The maximum atomic E-state index is 10.9. The molecule has 0 saturated heterocycles. The Morgan fingerprint density at radius 2 is 2.00 bits per heavy atom. The third-order valence-electron chi connectivity index (χ3n) is 4.26. The van der Waals surface area contributed by atoms with Crippen LogP contribution in [0.1, 0.15) is 49.8 Å². The average molecular weight is 252 g/mol. The molecule has 1 aliphatic carbocycles. The van der Waals surface area contributed by atoms with Crippen LogP contribution >= 0.6 is 11.3 Å². The molecule has 17 heavy (non-hydrogen) atoms. The van der Waals surface area contributed by atoms with Crippen molar-refractivity contribution in [3.8, 4) is 0 Å². The van der Waals surface area contributed by atoms with Crippen molar-refractivity contribution in [2.45, 2.75) is 58.5 Å². The summed E-state index contributed by atoms with van der Waals surface area (Å²) in [4.78, 5) is 2.78. The van der Waals surface area contributed by atoms with Crippen molar-refractivity contribution in [1.29, 1.82) is 0 Å². The molecule has 2 rings (SSSR count). The minimum Gasteiger partial charge on any atom is -0.389 e. The minimum absolute atomic E-state index is 0.436. The molecule has 3 unspecified atom stereocenters. The maximum absolute atomic E-state index is 10.9. The lowest BCUT2D eigenvalue weighted by atomic mass is 9.70. The van der Waals surface area contributed by atoms with Crippen molar-refractivity contribution in [3.63, 3.8) is 0 Å². The van der Waals surface area contributed by atoms with Crippen molar-refractivity contribution in [2.75, 3.05) is 0 Å². The van der Waals surface area contributed by atoms with Crippen LogP contribution in [-0.2, 0) is 12.8 Å². The van der Waals surface area contributed by atoms with Crippen LogP contribution in [0.3, 0.4) is 0 Å². The van der Waals surface area contributed by atoms with Crippen LogP contribution in [0.5, 0.6) is 0 Å². The van der Waals surface area contributed by atoms with E-state index < -0.39 is 5.60 Å². The monoisotopic (exact) mass is 252 g/mol. The van der Waals surface area contributed by atoms with Gasteiger partial charge in [0.2, 0.25) is 0 Å². The van der Waals surface area contributed by atoms with E-state index in [0.29, 0.717) is 11.8 Å². The zero-order valence-electron chi connectivity index (χ0n) is 11.2. The molecule has 2 heteroatoms. The van der Waals surface area contributed by atoms with Gasteiger partial charge in [-0.05, 0) is 43.2 Å². The van der Waals surface area contributed by atoms with Gasteiger partial charge < -0.3 is 5.11 Å². The quantitative estimate of drug-likeness (QED) is 0.861. The number of aryl methyl sites for hydroxylation is 1. The van der Waals surface area contributed by atoms with Gasteiger partial charge in [-0.3, -0.25) is 0 Å². The summed E-state index contributed by atoms with van der Waals surface area (Å²) in [5, 5.41) is 10.9. The first-order valence-electron chi connectivity index (χ1n) is 6.83. The van der Waals surface area contributed by atoms with Gasteiger partial charge in [0.05, 0.1) is 5.60 Å². The van der Waals surface area contributed by atoms with Gasteiger partial charge in [-0.2, -0.15) is 0 Å². The fraction of sp³-hybridized carbons (Fsp3) is 0.733. The Bertz CT molecular complexity index is 371. The molecule has 3 atom stereocenters. The highest BCUT2D eigenvalue weighted by atomic mass is 32.1. The van der Waals surface area contributed by atoms with Crippen LogP contribution in [-0.4, -0.2) is 10.7 Å². The SMILES string of the molecule is CCc1ccc(CC2(O)CC(C)CCC2C)s1. The predicted molar refractivity (Wildman–Crippen MR) is 74.5 cm³/mol. The number of rotatable bonds is 3. The van der Waals surface area contributed by atoms with Gasteiger partial charge in [-0.15, -0.1) is 11.3 Å². The van der Waals surface area contributed by atoms with Gasteiger partial charge >= 0.3 is 0 Å². The van der Waals surface area contributed by atoms with E-state index in [1.165, 1.54) is 22.6 Å². The molecule has 1 nitrogen and oxygen atoms in total. The van der Waals surface area contributed by atoms with Crippen LogP contribution in [0.4, 0.5) is 0 Å². The molecule has 96 valence electrons. The summed E-state index contributed by atoms with van der Waals surface area (Å²) in [5.41, 5.74) is -0.465. The molecule has 0 aromatic carbocycles. The summed E-state index contributed by atoms with van der Waals surface area (Å²) >= 11 is 1.87. The predicted octanol–water partition coefficient (Wildman–Crippen LogP) is 4.04. The normalized spacial score (nSPS) is 33.9. The van der Waals surface area contributed by atoms with Crippen molar-refractivity contribution >= 4 is 11.3 Å². The van der Waals surface area contributed by atoms with E-state index in [2.05, 4.69) is 32.9 Å². The number of thiophene rings is 1.